The molecule has 3 aromatic carbocycles. The second-order valence-electron chi connectivity index (χ2n) is 8.68. The molecule has 2 unspecified atom stereocenters. The number of likely N-dealkylation sites (tertiary alicyclic amines) is 1. The van der Waals surface area contributed by atoms with Gasteiger partial charge >= 0.3 is 0 Å². The molecule has 0 bridgehead atoms. The molecule has 0 amide bonds. The first kappa shape index (κ1) is 23.7. The number of aliphatic hydroxyl groups is 1. The van der Waals surface area contributed by atoms with E-state index in [0.717, 1.165) is 41.5 Å². The van der Waals surface area contributed by atoms with E-state index >= 15 is 0 Å². The summed E-state index contributed by atoms with van der Waals surface area (Å²) in [6, 6.07) is 20.3. The van der Waals surface area contributed by atoms with Crippen LogP contribution in [-0.4, -0.2) is 57.9 Å². The molecule has 0 spiro atoms. The van der Waals surface area contributed by atoms with E-state index in [1.807, 2.05) is 30.3 Å². The van der Waals surface area contributed by atoms with Crippen molar-refractivity contribution in [2.24, 2.45) is 5.92 Å². The molecule has 1 N–H and O–H groups in total. The third-order valence-corrected chi connectivity index (χ3v) is 7.49. The number of nitrogens with zero attached hydrogens (tertiary/aromatic N) is 1. The maximum atomic E-state index is 12.4. The maximum absolute atomic E-state index is 12.4. The number of hydrogen-bond donors (Lipinski definition) is 1. The van der Waals surface area contributed by atoms with Crippen LogP contribution in [0.3, 0.4) is 0 Å². The SMILES string of the molecule is COc1ccc2c(CC(O)CN3CCCC(COS(=O)(=O)c4ccccc4)C3)cccc2c1. The zero-order valence-electron chi connectivity index (χ0n) is 18.9. The van der Waals surface area contributed by atoms with Crippen LogP contribution in [-0.2, 0) is 20.7 Å². The smallest absolute Gasteiger partial charge is 0.296 e. The fourth-order valence-corrected chi connectivity index (χ4v) is 5.54. The lowest BCUT2D eigenvalue weighted by Crippen LogP contribution is -2.42. The zero-order valence-corrected chi connectivity index (χ0v) is 19.7. The van der Waals surface area contributed by atoms with Crippen molar-refractivity contribution in [2.75, 3.05) is 33.4 Å². The highest BCUT2D eigenvalue weighted by Crippen LogP contribution is 2.25. The van der Waals surface area contributed by atoms with Gasteiger partial charge < -0.3 is 14.7 Å². The minimum atomic E-state index is -3.74. The van der Waals surface area contributed by atoms with Gasteiger partial charge in [0.2, 0.25) is 0 Å². The Kier molecular flexibility index (Phi) is 7.65. The molecule has 176 valence electrons. The van der Waals surface area contributed by atoms with Crippen LogP contribution in [0.5, 0.6) is 5.75 Å². The Morgan fingerprint density at radius 3 is 2.70 bits per heavy atom. The van der Waals surface area contributed by atoms with E-state index in [4.69, 9.17) is 8.92 Å². The van der Waals surface area contributed by atoms with Crippen molar-refractivity contribution in [1.82, 2.24) is 4.90 Å². The minimum Gasteiger partial charge on any atom is -0.497 e. The first-order chi connectivity index (χ1) is 15.9. The number of rotatable bonds is 9. The molecule has 1 aliphatic heterocycles. The number of piperidine rings is 1. The van der Waals surface area contributed by atoms with Gasteiger partial charge in [-0.3, -0.25) is 4.18 Å². The van der Waals surface area contributed by atoms with Gasteiger partial charge in [-0.1, -0.05) is 42.5 Å². The normalized spacial score (nSPS) is 18.3. The summed E-state index contributed by atoms with van der Waals surface area (Å²) in [5, 5.41) is 13.0. The molecule has 0 saturated carbocycles. The summed E-state index contributed by atoms with van der Waals surface area (Å²) in [4.78, 5) is 2.40. The van der Waals surface area contributed by atoms with Crippen molar-refractivity contribution in [3.05, 3.63) is 72.3 Å². The van der Waals surface area contributed by atoms with E-state index < -0.39 is 16.2 Å². The fourth-order valence-electron chi connectivity index (χ4n) is 4.54. The molecular formula is C26H31NO5S. The molecule has 0 aliphatic carbocycles. The van der Waals surface area contributed by atoms with Crippen LogP contribution < -0.4 is 4.74 Å². The van der Waals surface area contributed by atoms with Crippen LogP contribution in [0.25, 0.3) is 10.8 Å². The number of fused-ring (bicyclic) bond motifs is 1. The second-order valence-corrected chi connectivity index (χ2v) is 10.3. The monoisotopic (exact) mass is 469 g/mol. The first-order valence-corrected chi connectivity index (χ1v) is 12.8. The summed E-state index contributed by atoms with van der Waals surface area (Å²) in [6.45, 7) is 2.32. The van der Waals surface area contributed by atoms with E-state index in [0.29, 0.717) is 19.5 Å². The molecule has 6 nitrogen and oxygen atoms in total. The van der Waals surface area contributed by atoms with Gasteiger partial charge in [-0.2, -0.15) is 8.42 Å². The van der Waals surface area contributed by atoms with Crippen molar-refractivity contribution in [3.63, 3.8) is 0 Å². The molecule has 1 fully saturated rings. The molecule has 3 aromatic rings. The van der Waals surface area contributed by atoms with E-state index in [9.17, 15) is 13.5 Å². The van der Waals surface area contributed by atoms with Crippen molar-refractivity contribution < 1.29 is 22.4 Å². The predicted molar refractivity (Wildman–Crippen MR) is 129 cm³/mol. The summed E-state index contributed by atoms with van der Waals surface area (Å²) in [6.07, 6.45) is 1.93. The van der Waals surface area contributed by atoms with Gasteiger partial charge in [0.15, 0.2) is 0 Å². The Bertz CT molecular complexity index is 1170. The summed E-state index contributed by atoms with van der Waals surface area (Å²) in [5.41, 5.74) is 1.11. The van der Waals surface area contributed by atoms with Crippen LogP contribution >= 0.6 is 0 Å². The Hall–Kier alpha value is -2.45. The highest BCUT2D eigenvalue weighted by atomic mass is 32.2. The third kappa shape index (κ3) is 6.12. The van der Waals surface area contributed by atoms with E-state index in [1.165, 1.54) is 0 Å². The molecule has 2 atom stereocenters. The van der Waals surface area contributed by atoms with Crippen LogP contribution in [0.4, 0.5) is 0 Å². The lowest BCUT2D eigenvalue weighted by Gasteiger charge is -2.33. The molecule has 1 saturated heterocycles. The van der Waals surface area contributed by atoms with E-state index in [2.05, 4.69) is 11.0 Å². The molecule has 1 aliphatic rings. The molecular weight excluding hydrogens is 438 g/mol. The number of hydrogen-bond acceptors (Lipinski definition) is 6. The van der Waals surface area contributed by atoms with Crippen LogP contribution in [0, 0.1) is 5.92 Å². The summed E-state index contributed by atoms with van der Waals surface area (Å²) in [5.74, 6) is 0.936. The molecule has 0 aromatic heterocycles. The maximum Gasteiger partial charge on any atom is 0.296 e. The minimum absolute atomic E-state index is 0.120. The van der Waals surface area contributed by atoms with Crippen molar-refractivity contribution in [2.45, 2.75) is 30.3 Å². The van der Waals surface area contributed by atoms with E-state index in [-0.39, 0.29) is 17.4 Å². The number of benzene rings is 3. The van der Waals surface area contributed by atoms with Gasteiger partial charge in [0, 0.05) is 19.5 Å². The lowest BCUT2D eigenvalue weighted by atomic mass is 9.97. The molecule has 33 heavy (non-hydrogen) atoms. The Morgan fingerprint density at radius 1 is 1.09 bits per heavy atom. The molecule has 0 radical (unpaired) electrons. The van der Waals surface area contributed by atoms with Crippen LogP contribution in [0.1, 0.15) is 18.4 Å². The third-order valence-electron chi connectivity index (χ3n) is 6.20. The van der Waals surface area contributed by atoms with Gasteiger partial charge in [0.1, 0.15) is 5.75 Å². The van der Waals surface area contributed by atoms with Gasteiger partial charge in [0.05, 0.1) is 24.7 Å². The van der Waals surface area contributed by atoms with Gasteiger partial charge in [0.25, 0.3) is 10.1 Å². The summed E-state index contributed by atoms with van der Waals surface area (Å²) in [7, 11) is -2.09. The van der Waals surface area contributed by atoms with Gasteiger partial charge in [-0.05, 0) is 65.9 Å². The van der Waals surface area contributed by atoms with Crippen molar-refractivity contribution in [1.29, 1.82) is 0 Å². The number of β-amino-alcohol motifs (C(OH)–C–C–N with tert-alkyl or cyclic N) is 1. The highest BCUT2D eigenvalue weighted by Gasteiger charge is 2.25. The number of methoxy groups -OCH3 is 1. The van der Waals surface area contributed by atoms with Crippen molar-refractivity contribution in [3.8, 4) is 5.75 Å². The van der Waals surface area contributed by atoms with Crippen LogP contribution in [0.2, 0.25) is 0 Å². The average Bonchev–Trinajstić information content (AvgIpc) is 2.83. The standard InChI is InChI=1S/C26H31NO5S/c1-31-24-12-13-26-21(8-5-9-22(26)16-24)15-23(28)18-27-14-6-7-20(17-27)19-32-33(29,30)25-10-3-2-4-11-25/h2-5,8-13,16,20,23,28H,6-7,14-15,17-19H2,1H3. The van der Waals surface area contributed by atoms with Crippen LogP contribution in [0.15, 0.2) is 71.6 Å². The largest absolute Gasteiger partial charge is 0.497 e. The lowest BCUT2D eigenvalue weighted by molar-refractivity contribution is 0.0727. The number of ether oxygens (including phenoxy) is 1. The summed E-state index contributed by atoms with van der Waals surface area (Å²) >= 11 is 0. The Labute approximate surface area is 195 Å². The fraction of sp³-hybridized carbons (Fsp3) is 0.385. The van der Waals surface area contributed by atoms with Crippen molar-refractivity contribution >= 4 is 20.9 Å². The quantitative estimate of drug-likeness (QED) is 0.480. The Balaban J connectivity index is 1.32. The first-order valence-electron chi connectivity index (χ1n) is 11.3. The molecule has 4 rings (SSSR count). The van der Waals surface area contributed by atoms with Gasteiger partial charge in [-0.15, -0.1) is 0 Å². The van der Waals surface area contributed by atoms with Gasteiger partial charge in [-0.25, -0.2) is 0 Å². The second kappa shape index (κ2) is 10.7. The average molecular weight is 470 g/mol. The number of aliphatic hydroxyl groups excluding tert-OH is 1. The Morgan fingerprint density at radius 2 is 1.91 bits per heavy atom. The highest BCUT2D eigenvalue weighted by molar-refractivity contribution is 7.86. The molecule has 1 heterocycles. The topological polar surface area (TPSA) is 76.1 Å². The van der Waals surface area contributed by atoms with E-state index in [1.54, 1.807) is 37.4 Å². The molecule has 7 heteroatoms. The zero-order chi connectivity index (χ0) is 23.3. The predicted octanol–water partition coefficient (Wildman–Crippen LogP) is 3.87. The summed E-state index contributed by atoms with van der Waals surface area (Å²) < 4.78 is 35.5.